The molecule has 0 aliphatic heterocycles. The molecule has 14 aromatic rings. The molecule has 14 rings (SSSR count). The lowest BCUT2D eigenvalue weighted by atomic mass is 9.95. The third kappa shape index (κ3) is 6.03. The Balaban J connectivity index is 1.09. The molecule has 0 bridgehead atoms. The molecular formula is C63H38N4S. The predicted molar refractivity (Wildman–Crippen MR) is 287 cm³/mol. The first kappa shape index (κ1) is 38.5. The maximum Gasteiger partial charge on any atom is 0.238 e. The van der Waals surface area contributed by atoms with Gasteiger partial charge in [-0.15, -0.1) is 11.3 Å². The Morgan fingerprint density at radius 2 is 0.779 bits per heavy atom. The molecule has 3 heterocycles. The standard InChI is InChI=1S/C63H38N4S/c1-3-15-39(16-4-1)41-29-33-44(34-30-41)61-64-62(45-35-31-42(32-36-45)40-17-5-2-6-18-40)66-63(65-61)67-58-51(52-26-14-28-54-56-46-20-8-7-19-43(46)37-38-55(56)68-60(52)54)25-13-27-53(58)57-49-23-11-9-21-47(49)48-22-10-12-24-50(48)59(57)67/h1-38H. The Morgan fingerprint density at radius 3 is 1.43 bits per heavy atom. The summed E-state index contributed by atoms with van der Waals surface area (Å²) in [5.74, 6) is 1.77. The van der Waals surface area contributed by atoms with Gasteiger partial charge in [-0.2, -0.15) is 9.97 Å². The second-order valence-corrected chi connectivity index (χ2v) is 18.5. The minimum absolute atomic E-state index is 0.562. The molecule has 0 atom stereocenters. The first-order valence-corrected chi connectivity index (χ1v) is 23.8. The van der Waals surface area contributed by atoms with Gasteiger partial charge in [0.2, 0.25) is 5.95 Å². The smallest absolute Gasteiger partial charge is 0.238 e. The summed E-state index contributed by atoms with van der Waals surface area (Å²) in [6.45, 7) is 0. The van der Waals surface area contributed by atoms with Gasteiger partial charge >= 0.3 is 0 Å². The minimum Gasteiger partial charge on any atom is -0.277 e. The van der Waals surface area contributed by atoms with E-state index in [9.17, 15) is 0 Å². The van der Waals surface area contributed by atoms with Gasteiger partial charge in [-0.1, -0.05) is 224 Å². The quantitative estimate of drug-likeness (QED) is 0.156. The van der Waals surface area contributed by atoms with Crippen LogP contribution in [-0.4, -0.2) is 19.5 Å². The first-order chi connectivity index (χ1) is 33.7. The van der Waals surface area contributed by atoms with E-state index in [4.69, 9.17) is 15.0 Å². The molecule has 11 aromatic carbocycles. The van der Waals surface area contributed by atoms with E-state index in [2.05, 4.69) is 235 Å². The largest absolute Gasteiger partial charge is 0.277 e. The van der Waals surface area contributed by atoms with Gasteiger partial charge in [0.05, 0.1) is 11.0 Å². The van der Waals surface area contributed by atoms with Gasteiger partial charge in [-0.3, -0.25) is 4.57 Å². The van der Waals surface area contributed by atoms with Crippen LogP contribution in [0.25, 0.3) is 136 Å². The molecule has 0 saturated heterocycles. The van der Waals surface area contributed by atoms with E-state index >= 15 is 0 Å². The fourth-order valence-corrected chi connectivity index (χ4v) is 11.8. The number of hydrogen-bond acceptors (Lipinski definition) is 4. The van der Waals surface area contributed by atoms with Crippen LogP contribution in [-0.2, 0) is 0 Å². The molecule has 0 radical (unpaired) electrons. The average Bonchev–Trinajstić information content (AvgIpc) is 3.99. The van der Waals surface area contributed by atoms with Gasteiger partial charge in [0.15, 0.2) is 11.6 Å². The summed E-state index contributed by atoms with van der Waals surface area (Å²) < 4.78 is 4.88. The summed E-state index contributed by atoms with van der Waals surface area (Å²) in [4.78, 5) is 16.4. The molecular weight excluding hydrogens is 845 g/mol. The molecule has 68 heavy (non-hydrogen) atoms. The first-order valence-electron chi connectivity index (χ1n) is 23.0. The summed E-state index contributed by atoms with van der Waals surface area (Å²) in [5, 5.41) is 12.1. The maximum atomic E-state index is 5.54. The highest BCUT2D eigenvalue weighted by Gasteiger charge is 2.25. The van der Waals surface area contributed by atoms with Gasteiger partial charge < -0.3 is 0 Å². The SMILES string of the molecule is c1ccc(-c2ccc(-c3nc(-c4ccc(-c5ccccc5)cc4)nc(-n4c5c(-c6cccc7c6sc6ccc8ccccc8c67)cccc5c5c6ccccc6c6ccccc6c54)n3)cc2)cc1. The summed E-state index contributed by atoms with van der Waals surface area (Å²) in [7, 11) is 0. The molecule has 0 N–H and O–H groups in total. The van der Waals surface area contributed by atoms with Crippen LogP contribution < -0.4 is 0 Å². The lowest BCUT2D eigenvalue weighted by Crippen LogP contribution is -2.07. The lowest BCUT2D eigenvalue weighted by molar-refractivity contribution is 0.955. The van der Waals surface area contributed by atoms with Crippen LogP contribution in [0, 0.1) is 0 Å². The number of hydrogen-bond donors (Lipinski definition) is 0. The van der Waals surface area contributed by atoms with Crippen LogP contribution in [0.2, 0.25) is 0 Å². The van der Waals surface area contributed by atoms with Crippen molar-refractivity contribution in [2.24, 2.45) is 0 Å². The van der Waals surface area contributed by atoms with E-state index in [1.54, 1.807) is 0 Å². The second kappa shape index (κ2) is 15.4. The Labute approximate surface area is 395 Å². The fraction of sp³-hybridized carbons (Fsp3) is 0. The molecule has 0 aliphatic carbocycles. The molecule has 4 nitrogen and oxygen atoms in total. The summed E-state index contributed by atoms with van der Waals surface area (Å²) >= 11 is 1.87. The van der Waals surface area contributed by atoms with E-state index in [1.165, 1.54) is 58.1 Å². The van der Waals surface area contributed by atoms with Gasteiger partial charge in [0, 0.05) is 58.6 Å². The van der Waals surface area contributed by atoms with E-state index in [1.807, 2.05) is 11.3 Å². The van der Waals surface area contributed by atoms with E-state index < -0.39 is 0 Å². The third-order valence-electron chi connectivity index (χ3n) is 13.7. The highest BCUT2D eigenvalue weighted by Crippen LogP contribution is 2.48. The van der Waals surface area contributed by atoms with E-state index in [-0.39, 0.29) is 0 Å². The molecule has 0 unspecified atom stereocenters. The van der Waals surface area contributed by atoms with Crippen molar-refractivity contribution in [3.63, 3.8) is 0 Å². The Bertz CT molecular complexity index is 4190. The molecule has 3 aromatic heterocycles. The Morgan fingerprint density at radius 1 is 0.294 bits per heavy atom. The van der Waals surface area contributed by atoms with Crippen LogP contribution >= 0.6 is 11.3 Å². The molecule has 316 valence electrons. The molecule has 0 saturated carbocycles. The van der Waals surface area contributed by atoms with Gasteiger partial charge in [0.1, 0.15) is 0 Å². The summed E-state index contributed by atoms with van der Waals surface area (Å²) in [6, 6.07) is 82.6. The fourth-order valence-electron chi connectivity index (χ4n) is 10.5. The number of aromatic nitrogens is 4. The van der Waals surface area contributed by atoms with Crippen molar-refractivity contribution in [3.8, 4) is 62.1 Å². The summed E-state index contributed by atoms with van der Waals surface area (Å²) in [6.07, 6.45) is 0. The van der Waals surface area contributed by atoms with Gasteiger partial charge in [-0.05, 0) is 55.3 Å². The molecule has 5 heteroatoms. The molecule has 0 fully saturated rings. The molecule has 0 spiro atoms. The number of benzene rings is 11. The van der Waals surface area contributed by atoms with Crippen molar-refractivity contribution in [3.05, 3.63) is 231 Å². The molecule has 0 aliphatic rings. The van der Waals surface area contributed by atoms with Crippen molar-refractivity contribution in [2.75, 3.05) is 0 Å². The zero-order valence-electron chi connectivity index (χ0n) is 36.6. The van der Waals surface area contributed by atoms with E-state index in [0.717, 1.165) is 60.8 Å². The lowest BCUT2D eigenvalue weighted by Gasteiger charge is -2.15. The summed E-state index contributed by atoms with van der Waals surface area (Å²) in [5.41, 5.74) is 10.8. The second-order valence-electron chi connectivity index (χ2n) is 17.5. The van der Waals surface area contributed by atoms with Crippen molar-refractivity contribution in [2.45, 2.75) is 0 Å². The number of rotatable bonds is 6. The highest BCUT2D eigenvalue weighted by molar-refractivity contribution is 7.26. The average molecular weight is 883 g/mol. The number of para-hydroxylation sites is 1. The third-order valence-corrected chi connectivity index (χ3v) is 14.9. The zero-order chi connectivity index (χ0) is 44.7. The number of nitrogens with zero attached hydrogens (tertiary/aromatic N) is 4. The van der Waals surface area contributed by atoms with Crippen LogP contribution in [0.3, 0.4) is 0 Å². The van der Waals surface area contributed by atoms with Crippen molar-refractivity contribution >= 4 is 85.6 Å². The number of thiophene rings is 1. The topological polar surface area (TPSA) is 43.6 Å². The monoisotopic (exact) mass is 882 g/mol. The van der Waals surface area contributed by atoms with Crippen LogP contribution in [0.4, 0.5) is 0 Å². The Hall–Kier alpha value is -8.77. The van der Waals surface area contributed by atoms with Crippen molar-refractivity contribution in [1.29, 1.82) is 0 Å². The minimum atomic E-state index is 0.562. The maximum absolute atomic E-state index is 5.54. The Kier molecular flexibility index (Phi) is 8.73. The van der Waals surface area contributed by atoms with Gasteiger partial charge in [0.25, 0.3) is 0 Å². The van der Waals surface area contributed by atoms with Crippen LogP contribution in [0.15, 0.2) is 231 Å². The predicted octanol–water partition coefficient (Wildman–Crippen LogP) is 17.1. The molecule has 0 amide bonds. The van der Waals surface area contributed by atoms with Crippen LogP contribution in [0.1, 0.15) is 0 Å². The van der Waals surface area contributed by atoms with E-state index in [0.29, 0.717) is 17.6 Å². The van der Waals surface area contributed by atoms with Crippen LogP contribution in [0.5, 0.6) is 0 Å². The highest BCUT2D eigenvalue weighted by atomic mass is 32.1. The normalized spacial score (nSPS) is 11.8. The van der Waals surface area contributed by atoms with Gasteiger partial charge in [-0.25, -0.2) is 4.98 Å². The number of fused-ring (bicyclic) bond motifs is 13. The zero-order valence-corrected chi connectivity index (χ0v) is 37.5. The van der Waals surface area contributed by atoms with Crippen molar-refractivity contribution in [1.82, 2.24) is 19.5 Å². The van der Waals surface area contributed by atoms with Crippen molar-refractivity contribution < 1.29 is 0 Å².